The normalized spacial score (nSPS) is 19.1. The number of β-lactam (4-membered cyclic amide) rings is 1. The van der Waals surface area contributed by atoms with E-state index in [1.807, 2.05) is 0 Å². The van der Waals surface area contributed by atoms with E-state index in [-0.39, 0.29) is 26.6 Å². The highest BCUT2D eigenvalue weighted by molar-refractivity contribution is 8.06. The van der Waals surface area contributed by atoms with Gasteiger partial charge in [0.25, 0.3) is 11.8 Å². The number of nitrogens with two attached hydrogens (primary N) is 2. The van der Waals surface area contributed by atoms with E-state index < -0.39 is 34.9 Å². The Kier molecular flexibility index (Phi) is 9.68. The lowest BCUT2D eigenvalue weighted by Gasteiger charge is -2.49. The average molecular weight is 614 g/mol. The van der Waals surface area contributed by atoms with Gasteiger partial charge in [0.1, 0.15) is 27.1 Å². The lowest BCUT2D eigenvalue weighted by atomic mass is 10.0. The summed E-state index contributed by atoms with van der Waals surface area (Å²) in [6.07, 6.45) is 4.95. The van der Waals surface area contributed by atoms with E-state index in [9.17, 15) is 24.7 Å². The average Bonchev–Trinajstić information content (AvgIpc) is 3.25. The number of ether oxygens (including phenoxy) is 1. The fourth-order valence-electron chi connectivity index (χ4n) is 3.83. The smallest absolute Gasteiger partial charge is 0.353 e. The molecule has 0 spiro atoms. The Hall–Kier alpha value is -2.89. The zero-order valence-corrected chi connectivity index (χ0v) is 23.4. The number of nitrogens with zero attached hydrogens (tertiary/aromatic N) is 4. The number of pyridine rings is 1. The molecular formula is C22H24ClN7O6S3. The number of hydrogen-bond donors (Lipinski definition) is 5. The van der Waals surface area contributed by atoms with Gasteiger partial charge in [0, 0.05) is 40.1 Å². The summed E-state index contributed by atoms with van der Waals surface area (Å²) in [7, 11) is 0. The molecule has 0 bridgehead atoms. The summed E-state index contributed by atoms with van der Waals surface area (Å²) in [5.74, 6) is -2.51. The van der Waals surface area contributed by atoms with Gasteiger partial charge in [-0.25, -0.2) is 9.78 Å². The lowest BCUT2D eigenvalue weighted by molar-refractivity contribution is -0.150. The number of hydrogen-bond acceptors (Lipinski definition) is 13. The van der Waals surface area contributed by atoms with Gasteiger partial charge in [0.05, 0.1) is 6.61 Å². The van der Waals surface area contributed by atoms with Crippen molar-refractivity contribution < 1.29 is 29.4 Å². The molecule has 4 rings (SSSR count). The third-order valence-electron chi connectivity index (χ3n) is 5.66. The van der Waals surface area contributed by atoms with E-state index >= 15 is 0 Å². The van der Waals surface area contributed by atoms with Crippen LogP contribution in [0.2, 0.25) is 4.34 Å². The molecule has 13 nitrogen and oxygen atoms in total. The minimum absolute atomic E-state index is 0.0401. The summed E-state index contributed by atoms with van der Waals surface area (Å²) < 4.78 is 5.75. The van der Waals surface area contributed by atoms with Crippen LogP contribution in [-0.2, 0) is 25.7 Å². The monoisotopic (exact) mass is 613 g/mol. The zero-order chi connectivity index (χ0) is 28.1. The van der Waals surface area contributed by atoms with Crippen molar-refractivity contribution in [1.82, 2.24) is 20.2 Å². The Labute approximate surface area is 240 Å². The second-order valence-corrected chi connectivity index (χ2v) is 12.1. The van der Waals surface area contributed by atoms with Gasteiger partial charge >= 0.3 is 5.97 Å². The van der Waals surface area contributed by atoms with Crippen LogP contribution in [0.1, 0.15) is 24.1 Å². The van der Waals surface area contributed by atoms with Gasteiger partial charge in [0.15, 0.2) is 10.8 Å². The summed E-state index contributed by atoms with van der Waals surface area (Å²) in [6, 6.07) is 0.716. The fourth-order valence-corrected chi connectivity index (χ4v) is 7.31. The van der Waals surface area contributed by atoms with Crippen LogP contribution >= 0.6 is 46.5 Å². The van der Waals surface area contributed by atoms with Crippen molar-refractivity contribution >= 4 is 75.1 Å². The van der Waals surface area contributed by atoms with Crippen molar-refractivity contribution in [2.45, 2.75) is 35.8 Å². The number of anilines is 1. The fraction of sp³-hybridized carbons (Fsp3) is 0.364. The minimum atomic E-state index is -1.27. The van der Waals surface area contributed by atoms with Gasteiger partial charge in [-0.05, 0) is 25.5 Å². The van der Waals surface area contributed by atoms with Crippen LogP contribution < -0.4 is 16.8 Å². The van der Waals surface area contributed by atoms with Crippen LogP contribution in [0.3, 0.4) is 0 Å². The SMILES string of the molecule is NCCCCOCc1cnccc1SC1=C(C(=O)O)N2C(=O)[C@@H](NC(=O)/C(=N\O)c3nc(N)sc3Cl)[C@@H]2SC1. The molecule has 17 heteroatoms. The molecule has 4 heterocycles. The quantitative estimate of drug-likeness (QED) is 0.0762. The second-order valence-electron chi connectivity index (χ2n) is 8.19. The molecule has 0 aromatic carbocycles. The highest BCUT2D eigenvalue weighted by Gasteiger charge is 2.54. The number of halogens is 1. The first kappa shape index (κ1) is 29.1. The molecule has 2 aliphatic heterocycles. The maximum atomic E-state index is 13.0. The number of aromatic nitrogens is 2. The third kappa shape index (κ3) is 6.31. The number of amides is 2. The molecule has 0 unspecified atom stereocenters. The lowest BCUT2D eigenvalue weighted by Crippen LogP contribution is -2.71. The number of unbranched alkanes of at least 4 members (excludes halogenated alkanes) is 1. The number of rotatable bonds is 12. The molecular weight excluding hydrogens is 590 g/mol. The summed E-state index contributed by atoms with van der Waals surface area (Å²) in [5, 5.41) is 24.2. The number of carbonyl (C=O) groups excluding carboxylic acids is 2. The molecule has 2 aromatic rings. The number of nitrogen functional groups attached to an aromatic ring is 1. The maximum Gasteiger partial charge on any atom is 0.353 e. The molecule has 0 saturated carbocycles. The van der Waals surface area contributed by atoms with Gasteiger partial charge in [-0.1, -0.05) is 39.9 Å². The van der Waals surface area contributed by atoms with E-state index in [1.165, 1.54) is 23.5 Å². The Bertz CT molecular complexity index is 1340. The summed E-state index contributed by atoms with van der Waals surface area (Å²) in [6.45, 7) is 1.43. The molecule has 2 amide bonds. The van der Waals surface area contributed by atoms with Gasteiger partial charge in [0.2, 0.25) is 0 Å². The Morgan fingerprint density at radius 2 is 2.18 bits per heavy atom. The Morgan fingerprint density at radius 3 is 2.85 bits per heavy atom. The van der Waals surface area contributed by atoms with Crippen LogP contribution in [0.15, 0.2) is 39.1 Å². The predicted octanol–water partition coefficient (Wildman–Crippen LogP) is 1.70. The molecule has 1 saturated heterocycles. The molecule has 2 aromatic heterocycles. The number of fused-ring (bicyclic) bond motifs is 1. The van der Waals surface area contributed by atoms with Gasteiger partial charge in [-0.3, -0.25) is 19.5 Å². The topological polar surface area (TPSA) is 206 Å². The van der Waals surface area contributed by atoms with Gasteiger partial charge in [-0.2, -0.15) is 0 Å². The first-order valence-corrected chi connectivity index (χ1v) is 14.6. The number of carboxylic acids is 1. The van der Waals surface area contributed by atoms with Gasteiger partial charge in [-0.15, -0.1) is 11.8 Å². The van der Waals surface area contributed by atoms with E-state index in [0.29, 0.717) is 24.7 Å². The Balaban J connectivity index is 1.48. The number of thioether (sulfide) groups is 2. The molecule has 7 N–H and O–H groups in total. The van der Waals surface area contributed by atoms with Crippen LogP contribution in [0.25, 0.3) is 0 Å². The van der Waals surface area contributed by atoms with Crippen molar-refractivity contribution in [2.24, 2.45) is 10.9 Å². The van der Waals surface area contributed by atoms with E-state index in [1.54, 1.807) is 18.5 Å². The molecule has 2 atom stereocenters. The van der Waals surface area contributed by atoms with Crippen LogP contribution in [-0.4, -0.2) is 79.0 Å². The van der Waals surface area contributed by atoms with E-state index in [2.05, 4.69) is 20.4 Å². The molecule has 0 aliphatic carbocycles. The first-order valence-electron chi connectivity index (χ1n) is 11.5. The number of nitrogens with one attached hydrogen (secondary N) is 1. The van der Waals surface area contributed by atoms with Crippen LogP contribution in [0.4, 0.5) is 5.13 Å². The highest BCUT2D eigenvalue weighted by Crippen LogP contribution is 2.45. The standard InChI is InChI=1S/C22H24ClN7O6S3/c23-17-13(28-22(25)39-17)14(29-35)18(31)27-15-19(32)30-16(21(33)34)12(9-37-20(15)30)38-11-3-5-26-7-10(11)8-36-6-2-1-4-24/h3,5,7,15,20,35H,1-2,4,6,8-9,24H2,(H2,25,28)(H,27,31)(H,33,34)/b29-14-/t15-,20+/m1/s1. The first-order chi connectivity index (χ1) is 18.8. The number of oxime groups is 1. The van der Waals surface area contributed by atoms with Crippen molar-refractivity contribution in [3.05, 3.63) is 44.7 Å². The number of aliphatic carboxylic acids is 1. The minimum Gasteiger partial charge on any atom is -0.477 e. The van der Waals surface area contributed by atoms with Crippen molar-refractivity contribution in [1.29, 1.82) is 0 Å². The van der Waals surface area contributed by atoms with E-state index in [4.69, 9.17) is 27.8 Å². The highest BCUT2D eigenvalue weighted by atomic mass is 35.5. The third-order valence-corrected chi connectivity index (χ3v) is 9.40. The number of carboxylic acid groups (broad SMARTS) is 1. The van der Waals surface area contributed by atoms with E-state index in [0.717, 1.165) is 39.5 Å². The molecule has 2 aliphatic rings. The number of thiazole rings is 1. The second kappa shape index (κ2) is 13.0. The largest absolute Gasteiger partial charge is 0.477 e. The molecule has 0 radical (unpaired) electrons. The summed E-state index contributed by atoms with van der Waals surface area (Å²) in [4.78, 5) is 48.5. The van der Waals surface area contributed by atoms with Crippen LogP contribution in [0.5, 0.6) is 0 Å². The summed E-state index contributed by atoms with van der Waals surface area (Å²) >= 11 is 9.44. The van der Waals surface area contributed by atoms with Gasteiger partial charge < -0.3 is 31.8 Å². The summed E-state index contributed by atoms with van der Waals surface area (Å²) in [5.41, 5.74) is 11.1. The van der Waals surface area contributed by atoms with Crippen molar-refractivity contribution in [2.75, 3.05) is 24.6 Å². The molecule has 39 heavy (non-hydrogen) atoms. The Morgan fingerprint density at radius 1 is 1.38 bits per heavy atom. The molecule has 208 valence electrons. The number of carbonyl (C=O) groups is 3. The zero-order valence-electron chi connectivity index (χ0n) is 20.2. The predicted molar refractivity (Wildman–Crippen MR) is 148 cm³/mol. The maximum absolute atomic E-state index is 13.0. The van der Waals surface area contributed by atoms with Crippen molar-refractivity contribution in [3.8, 4) is 0 Å². The van der Waals surface area contributed by atoms with Crippen molar-refractivity contribution in [3.63, 3.8) is 0 Å². The van der Waals surface area contributed by atoms with Crippen LogP contribution in [0, 0.1) is 0 Å². The molecule has 1 fully saturated rings.